The number of halogens is 4. The summed E-state index contributed by atoms with van der Waals surface area (Å²) in [5, 5.41) is 0. The Morgan fingerprint density at radius 2 is 2.06 bits per heavy atom. The second-order valence-corrected chi connectivity index (χ2v) is 3.97. The molecule has 2 nitrogen and oxygen atoms in total. The Labute approximate surface area is 95.6 Å². The fourth-order valence-corrected chi connectivity index (χ4v) is 1.32. The maximum Gasteiger partial charge on any atom is 0.417 e. The summed E-state index contributed by atoms with van der Waals surface area (Å²) in [5.74, 6) is 0.241. The normalized spacial score (nSPS) is 13.8. The van der Waals surface area contributed by atoms with Crippen LogP contribution >= 0.6 is 11.6 Å². The maximum atomic E-state index is 12.4. The Bertz CT molecular complexity index is 413. The van der Waals surface area contributed by atoms with E-state index in [0.29, 0.717) is 5.88 Å². The molecule has 1 aromatic rings. The number of nitrogens with zero attached hydrogens (tertiary/aromatic N) is 1. The molecule has 0 aliphatic heterocycles. The van der Waals surface area contributed by atoms with Crippen molar-refractivity contribution in [3.63, 3.8) is 0 Å². The van der Waals surface area contributed by atoms with Gasteiger partial charge in [0.2, 0.25) is 0 Å². The lowest BCUT2D eigenvalue weighted by atomic mass is 10.2. The predicted octanol–water partition coefficient (Wildman–Crippen LogP) is 2.74. The van der Waals surface area contributed by atoms with Gasteiger partial charge in [-0.25, -0.2) is 0 Å². The van der Waals surface area contributed by atoms with Crippen LogP contribution in [-0.2, 0) is 12.7 Å². The summed E-state index contributed by atoms with van der Waals surface area (Å²) in [4.78, 5) is 11.3. The first-order valence-electron chi connectivity index (χ1n) is 4.68. The highest BCUT2D eigenvalue weighted by molar-refractivity contribution is 6.18. The second kappa shape index (κ2) is 4.91. The summed E-state index contributed by atoms with van der Waals surface area (Å²) in [6, 6.07) is 1.70. The largest absolute Gasteiger partial charge is 0.417 e. The van der Waals surface area contributed by atoms with Gasteiger partial charge in [-0.15, -0.1) is 11.6 Å². The minimum absolute atomic E-state index is 0.0529. The van der Waals surface area contributed by atoms with Gasteiger partial charge in [-0.2, -0.15) is 13.2 Å². The van der Waals surface area contributed by atoms with Crippen LogP contribution in [0.15, 0.2) is 23.1 Å². The Balaban J connectivity index is 3.05. The van der Waals surface area contributed by atoms with Crippen molar-refractivity contribution >= 4 is 11.6 Å². The molecule has 6 heteroatoms. The Kier molecular flexibility index (Phi) is 4.02. The van der Waals surface area contributed by atoms with E-state index < -0.39 is 17.3 Å². The first-order chi connectivity index (χ1) is 7.34. The summed E-state index contributed by atoms with van der Waals surface area (Å²) in [7, 11) is 0. The van der Waals surface area contributed by atoms with Crippen molar-refractivity contribution in [1.29, 1.82) is 0 Å². The highest BCUT2D eigenvalue weighted by Gasteiger charge is 2.31. The first-order valence-corrected chi connectivity index (χ1v) is 5.21. The molecule has 1 heterocycles. The molecule has 1 aromatic heterocycles. The number of pyridine rings is 1. The second-order valence-electron chi connectivity index (χ2n) is 3.67. The molecule has 0 saturated heterocycles. The third kappa shape index (κ3) is 3.27. The van der Waals surface area contributed by atoms with Crippen molar-refractivity contribution in [3.05, 3.63) is 34.2 Å². The van der Waals surface area contributed by atoms with E-state index in [1.165, 1.54) is 0 Å². The Morgan fingerprint density at radius 3 is 2.56 bits per heavy atom. The molecule has 1 rings (SSSR count). The van der Waals surface area contributed by atoms with Gasteiger partial charge < -0.3 is 4.57 Å². The van der Waals surface area contributed by atoms with E-state index in [1.807, 2.05) is 0 Å². The van der Waals surface area contributed by atoms with Crippen molar-refractivity contribution in [2.75, 3.05) is 5.88 Å². The van der Waals surface area contributed by atoms with E-state index in [0.717, 1.165) is 22.9 Å². The van der Waals surface area contributed by atoms with Gasteiger partial charge in [-0.3, -0.25) is 4.79 Å². The number of aromatic nitrogens is 1. The average Bonchev–Trinajstić information content (AvgIpc) is 2.19. The van der Waals surface area contributed by atoms with Crippen molar-refractivity contribution in [3.8, 4) is 0 Å². The number of alkyl halides is 4. The van der Waals surface area contributed by atoms with Crippen LogP contribution in [0, 0.1) is 5.92 Å². The fourth-order valence-electron chi connectivity index (χ4n) is 1.23. The van der Waals surface area contributed by atoms with Crippen LogP contribution < -0.4 is 5.56 Å². The number of hydrogen-bond acceptors (Lipinski definition) is 1. The summed E-state index contributed by atoms with van der Waals surface area (Å²) < 4.78 is 38.2. The fraction of sp³-hybridized carbons (Fsp3) is 0.500. The van der Waals surface area contributed by atoms with Gasteiger partial charge >= 0.3 is 6.18 Å². The average molecular weight is 254 g/mol. The topological polar surface area (TPSA) is 22.0 Å². The molecule has 90 valence electrons. The Morgan fingerprint density at radius 1 is 1.44 bits per heavy atom. The monoisotopic (exact) mass is 253 g/mol. The van der Waals surface area contributed by atoms with Gasteiger partial charge in [0, 0.05) is 24.7 Å². The zero-order chi connectivity index (χ0) is 12.3. The molecule has 16 heavy (non-hydrogen) atoms. The van der Waals surface area contributed by atoms with Crippen LogP contribution in [0.4, 0.5) is 13.2 Å². The smallest absolute Gasteiger partial charge is 0.315 e. The molecule has 0 bridgehead atoms. The van der Waals surface area contributed by atoms with E-state index in [9.17, 15) is 18.0 Å². The molecule has 0 spiro atoms. The summed E-state index contributed by atoms with van der Waals surface area (Å²) in [5.41, 5.74) is -1.28. The van der Waals surface area contributed by atoms with Gasteiger partial charge in [0.05, 0.1) is 5.56 Å². The van der Waals surface area contributed by atoms with Crippen LogP contribution in [0.5, 0.6) is 0 Å². The minimum Gasteiger partial charge on any atom is -0.315 e. The first kappa shape index (κ1) is 13.1. The lowest BCUT2D eigenvalue weighted by molar-refractivity contribution is -0.138. The van der Waals surface area contributed by atoms with Crippen LogP contribution in [-0.4, -0.2) is 10.4 Å². The van der Waals surface area contributed by atoms with Crippen LogP contribution in [0.25, 0.3) is 0 Å². The number of hydrogen-bond donors (Lipinski definition) is 0. The van der Waals surface area contributed by atoms with Crippen molar-refractivity contribution in [2.45, 2.75) is 19.6 Å². The van der Waals surface area contributed by atoms with E-state index in [2.05, 4.69) is 0 Å². The molecular weight excluding hydrogens is 243 g/mol. The van der Waals surface area contributed by atoms with Gasteiger partial charge in [0.1, 0.15) is 0 Å². The quantitative estimate of drug-likeness (QED) is 0.759. The third-order valence-electron chi connectivity index (χ3n) is 2.08. The Hall–Kier alpha value is -0.970. The van der Waals surface area contributed by atoms with Crippen LogP contribution in [0.3, 0.4) is 0 Å². The lowest BCUT2D eigenvalue weighted by Crippen LogP contribution is -2.24. The molecule has 0 N–H and O–H groups in total. The van der Waals surface area contributed by atoms with Gasteiger partial charge in [0.25, 0.3) is 5.56 Å². The van der Waals surface area contributed by atoms with Gasteiger partial charge in [-0.05, 0) is 12.0 Å². The molecule has 0 saturated carbocycles. The van der Waals surface area contributed by atoms with E-state index in [-0.39, 0.29) is 12.5 Å². The van der Waals surface area contributed by atoms with E-state index in [4.69, 9.17) is 11.6 Å². The summed E-state index contributed by atoms with van der Waals surface area (Å²) in [6.45, 7) is 1.95. The summed E-state index contributed by atoms with van der Waals surface area (Å²) in [6.07, 6.45) is -3.61. The molecule has 0 radical (unpaired) electrons. The highest BCUT2D eigenvalue weighted by Crippen LogP contribution is 2.28. The van der Waals surface area contributed by atoms with Crippen LogP contribution in [0.1, 0.15) is 12.5 Å². The van der Waals surface area contributed by atoms with E-state index >= 15 is 0 Å². The third-order valence-corrected chi connectivity index (χ3v) is 2.61. The van der Waals surface area contributed by atoms with Crippen molar-refractivity contribution in [1.82, 2.24) is 4.57 Å². The summed E-state index contributed by atoms with van der Waals surface area (Å²) >= 11 is 5.55. The van der Waals surface area contributed by atoms with Crippen LogP contribution in [0.2, 0.25) is 0 Å². The zero-order valence-corrected chi connectivity index (χ0v) is 9.35. The van der Waals surface area contributed by atoms with Gasteiger partial charge in [0.15, 0.2) is 0 Å². The molecule has 0 amide bonds. The molecule has 0 aromatic carbocycles. The molecule has 1 atom stereocenters. The molecule has 0 aliphatic carbocycles. The minimum atomic E-state index is -4.43. The number of rotatable bonds is 3. The highest BCUT2D eigenvalue weighted by atomic mass is 35.5. The molecular formula is C10H11ClF3NO. The molecule has 0 aliphatic rings. The standard InChI is InChI=1S/C10H11ClF3NO/c1-7(4-11)5-15-6-8(10(12,13)14)2-3-9(15)16/h2-3,6-7H,4-5H2,1H3. The SMILES string of the molecule is CC(CCl)Cn1cc(C(F)(F)F)ccc1=O. The predicted molar refractivity (Wildman–Crippen MR) is 55.6 cm³/mol. The zero-order valence-electron chi connectivity index (χ0n) is 8.59. The van der Waals surface area contributed by atoms with Crippen molar-refractivity contribution in [2.24, 2.45) is 5.92 Å². The maximum absolute atomic E-state index is 12.4. The molecule has 0 fully saturated rings. The molecule has 1 unspecified atom stereocenters. The van der Waals surface area contributed by atoms with Gasteiger partial charge in [-0.1, -0.05) is 6.92 Å². The lowest BCUT2D eigenvalue weighted by Gasteiger charge is -2.13. The van der Waals surface area contributed by atoms with Crippen molar-refractivity contribution < 1.29 is 13.2 Å². The van der Waals surface area contributed by atoms with E-state index in [1.54, 1.807) is 6.92 Å².